The second-order valence-electron chi connectivity index (χ2n) is 5.27. The molecule has 0 aliphatic rings. The molecule has 0 saturated heterocycles. The molecule has 0 bridgehead atoms. The maximum Gasteiger partial charge on any atom is 0.390 e. The van der Waals surface area contributed by atoms with Crippen LogP contribution in [0.2, 0.25) is 0 Å². The van der Waals surface area contributed by atoms with Gasteiger partial charge in [-0.15, -0.1) is 0 Å². The average Bonchev–Trinajstić information content (AvgIpc) is 3.02. The lowest BCUT2D eigenvalue weighted by molar-refractivity contribution is -0.132. The van der Waals surface area contributed by atoms with Gasteiger partial charge in [0.05, 0.1) is 6.42 Å². The monoisotopic (exact) mass is 333 g/mol. The molecule has 7 heteroatoms. The maximum absolute atomic E-state index is 12.3. The third-order valence-corrected chi connectivity index (χ3v) is 3.62. The Kier molecular flexibility index (Phi) is 4.24. The van der Waals surface area contributed by atoms with Crippen LogP contribution in [-0.4, -0.2) is 28.6 Å². The predicted octanol–water partition coefficient (Wildman–Crippen LogP) is 3.91. The molecule has 2 N–H and O–H groups in total. The highest BCUT2D eigenvalue weighted by atomic mass is 19.4. The zero-order valence-electron chi connectivity index (χ0n) is 12.5. The SMILES string of the molecule is O=C(NCCC(F)(F)F)c1ccccc1-c1ccnc2[nH]ccc12. The first-order valence-corrected chi connectivity index (χ1v) is 7.32. The van der Waals surface area contributed by atoms with Crippen LogP contribution in [0.15, 0.2) is 48.8 Å². The van der Waals surface area contributed by atoms with Gasteiger partial charge in [0.2, 0.25) is 0 Å². The fraction of sp³-hybridized carbons (Fsp3) is 0.176. The molecule has 3 aromatic rings. The molecule has 0 saturated carbocycles. The Morgan fingerprint density at radius 1 is 1.12 bits per heavy atom. The third kappa shape index (κ3) is 3.40. The first kappa shape index (κ1) is 16.0. The summed E-state index contributed by atoms with van der Waals surface area (Å²) in [6.07, 6.45) is -1.99. The molecule has 1 aromatic carbocycles. The van der Waals surface area contributed by atoms with E-state index >= 15 is 0 Å². The number of alkyl halides is 3. The predicted molar refractivity (Wildman–Crippen MR) is 84.5 cm³/mol. The Labute approximate surface area is 135 Å². The minimum atomic E-state index is -4.30. The summed E-state index contributed by atoms with van der Waals surface area (Å²) in [4.78, 5) is 19.5. The minimum Gasteiger partial charge on any atom is -0.352 e. The van der Waals surface area contributed by atoms with Crippen LogP contribution in [0.3, 0.4) is 0 Å². The zero-order chi connectivity index (χ0) is 17.2. The highest BCUT2D eigenvalue weighted by Crippen LogP contribution is 2.29. The van der Waals surface area contributed by atoms with Gasteiger partial charge in [-0.2, -0.15) is 13.2 Å². The van der Waals surface area contributed by atoms with Crippen molar-refractivity contribution in [2.75, 3.05) is 6.54 Å². The summed E-state index contributed by atoms with van der Waals surface area (Å²) in [7, 11) is 0. The molecule has 0 aliphatic heterocycles. The highest BCUT2D eigenvalue weighted by molar-refractivity contribution is 6.04. The van der Waals surface area contributed by atoms with E-state index in [9.17, 15) is 18.0 Å². The number of carbonyl (C=O) groups is 1. The lowest BCUT2D eigenvalue weighted by Gasteiger charge is -2.12. The Balaban J connectivity index is 1.91. The Bertz CT molecular complexity index is 871. The molecule has 3 rings (SSSR count). The van der Waals surface area contributed by atoms with Gasteiger partial charge in [0.25, 0.3) is 5.91 Å². The number of H-pyrrole nitrogens is 1. The van der Waals surface area contributed by atoms with E-state index in [0.29, 0.717) is 16.8 Å². The van der Waals surface area contributed by atoms with Crippen LogP contribution in [0.5, 0.6) is 0 Å². The van der Waals surface area contributed by atoms with Crippen molar-refractivity contribution < 1.29 is 18.0 Å². The number of pyridine rings is 1. The van der Waals surface area contributed by atoms with E-state index in [4.69, 9.17) is 0 Å². The number of halogens is 3. The summed E-state index contributed by atoms with van der Waals surface area (Å²) < 4.78 is 36.7. The number of aromatic nitrogens is 2. The molecule has 0 atom stereocenters. The standard InChI is InChI=1S/C17H14F3N3O/c18-17(19,20)7-10-23-16(24)14-4-2-1-3-11(14)12-5-8-21-15-13(12)6-9-22-15/h1-6,8-9H,7,10H2,(H,21,22)(H,23,24). The first-order valence-electron chi connectivity index (χ1n) is 7.32. The summed E-state index contributed by atoms with van der Waals surface area (Å²) >= 11 is 0. The van der Waals surface area contributed by atoms with Crippen molar-refractivity contribution in [2.45, 2.75) is 12.6 Å². The summed E-state index contributed by atoms with van der Waals surface area (Å²) in [5.74, 6) is -0.532. The van der Waals surface area contributed by atoms with E-state index in [1.54, 1.807) is 42.7 Å². The summed E-state index contributed by atoms with van der Waals surface area (Å²) in [5, 5.41) is 3.17. The van der Waals surface area contributed by atoms with Crippen molar-refractivity contribution in [1.82, 2.24) is 15.3 Å². The normalized spacial score (nSPS) is 11.6. The topological polar surface area (TPSA) is 57.8 Å². The number of benzene rings is 1. The quantitative estimate of drug-likeness (QED) is 0.760. The largest absolute Gasteiger partial charge is 0.390 e. The van der Waals surface area contributed by atoms with E-state index in [1.165, 1.54) is 0 Å². The molecule has 0 aliphatic carbocycles. The van der Waals surface area contributed by atoms with Gasteiger partial charge in [-0.1, -0.05) is 18.2 Å². The zero-order valence-corrected chi connectivity index (χ0v) is 12.5. The number of hydrogen-bond acceptors (Lipinski definition) is 2. The van der Waals surface area contributed by atoms with Gasteiger partial charge in [0.15, 0.2) is 0 Å². The molecule has 2 heterocycles. The van der Waals surface area contributed by atoms with Gasteiger partial charge in [0, 0.05) is 29.9 Å². The van der Waals surface area contributed by atoms with E-state index in [1.807, 2.05) is 6.07 Å². The van der Waals surface area contributed by atoms with Crippen LogP contribution >= 0.6 is 0 Å². The lowest BCUT2D eigenvalue weighted by atomic mass is 9.98. The van der Waals surface area contributed by atoms with Crippen LogP contribution in [0.1, 0.15) is 16.8 Å². The second-order valence-corrected chi connectivity index (χ2v) is 5.27. The van der Waals surface area contributed by atoms with Gasteiger partial charge >= 0.3 is 6.18 Å². The van der Waals surface area contributed by atoms with Crippen molar-refractivity contribution in [3.8, 4) is 11.1 Å². The van der Waals surface area contributed by atoms with E-state index in [0.717, 1.165) is 10.9 Å². The van der Waals surface area contributed by atoms with Gasteiger partial charge in [-0.3, -0.25) is 4.79 Å². The Hall–Kier alpha value is -2.83. The number of fused-ring (bicyclic) bond motifs is 1. The van der Waals surface area contributed by atoms with Crippen molar-refractivity contribution in [1.29, 1.82) is 0 Å². The van der Waals surface area contributed by atoms with Gasteiger partial charge < -0.3 is 10.3 Å². The molecule has 0 spiro atoms. The molecule has 2 aromatic heterocycles. The first-order chi connectivity index (χ1) is 11.5. The fourth-order valence-electron chi connectivity index (χ4n) is 2.52. The van der Waals surface area contributed by atoms with Gasteiger partial charge in [-0.05, 0) is 29.3 Å². The van der Waals surface area contributed by atoms with E-state index in [2.05, 4.69) is 15.3 Å². The van der Waals surface area contributed by atoms with Crippen molar-refractivity contribution in [3.05, 3.63) is 54.4 Å². The van der Waals surface area contributed by atoms with Crippen LogP contribution in [0.25, 0.3) is 22.2 Å². The van der Waals surface area contributed by atoms with Crippen LogP contribution in [0, 0.1) is 0 Å². The molecule has 0 fully saturated rings. The van der Waals surface area contributed by atoms with Crippen LogP contribution in [0.4, 0.5) is 13.2 Å². The summed E-state index contributed by atoms with van der Waals surface area (Å²) in [6.45, 7) is -0.452. The minimum absolute atomic E-state index is 0.327. The molecule has 0 radical (unpaired) electrons. The van der Waals surface area contributed by atoms with Gasteiger partial charge in [-0.25, -0.2) is 4.98 Å². The molecule has 1 amide bonds. The number of carbonyl (C=O) groups excluding carboxylic acids is 1. The lowest BCUT2D eigenvalue weighted by Crippen LogP contribution is -2.28. The summed E-state index contributed by atoms with van der Waals surface area (Å²) in [5.41, 5.74) is 2.45. The van der Waals surface area contributed by atoms with Crippen molar-refractivity contribution in [2.24, 2.45) is 0 Å². The number of nitrogens with zero attached hydrogens (tertiary/aromatic N) is 1. The molecule has 0 unspecified atom stereocenters. The van der Waals surface area contributed by atoms with Crippen molar-refractivity contribution in [3.63, 3.8) is 0 Å². The van der Waals surface area contributed by atoms with E-state index in [-0.39, 0.29) is 0 Å². The summed E-state index contributed by atoms with van der Waals surface area (Å²) in [6, 6.07) is 10.4. The number of amides is 1. The number of hydrogen-bond donors (Lipinski definition) is 2. The Morgan fingerprint density at radius 3 is 2.71 bits per heavy atom. The van der Waals surface area contributed by atoms with Crippen LogP contribution in [-0.2, 0) is 0 Å². The Morgan fingerprint density at radius 2 is 1.92 bits per heavy atom. The number of nitrogens with one attached hydrogen (secondary N) is 2. The molecular formula is C17H14F3N3O. The third-order valence-electron chi connectivity index (χ3n) is 3.62. The van der Waals surface area contributed by atoms with Gasteiger partial charge in [0.1, 0.15) is 5.65 Å². The molecule has 4 nitrogen and oxygen atoms in total. The molecule has 124 valence electrons. The fourth-order valence-corrected chi connectivity index (χ4v) is 2.52. The van der Waals surface area contributed by atoms with Crippen LogP contribution < -0.4 is 5.32 Å². The maximum atomic E-state index is 12.3. The molecule has 24 heavy (non-hydrogen) atoms. The highest BCUT2D eigenvalue weighted by Gasteiger charge is 2.26. The second kappa shape index (κ2) is 6.35. The number of rotatable bonds is 4. The smallest absolute Gasteiger partial charge is 0.352 e. The van der Waals surface area contributed by atoms with Crippen molar-refractivity contribution >= 4 is 16.9 Å². The average molecular weight is 333 g/mol. The number of aromatic amines is 1. The van der Waals surface area contributed by atoms with E-state index < -0.39 is 25.0 Å². The molecular weight excluding hydrogens is 319 g/mol.